The van der Waals surface area contributed by atoms with Crippen LogP contribution in [0.1, 0.15) is 18.4 Å². The number of nitrogens with zero attached hydrogens (tertiary/aromatic N) is 5. The van der Waals surface area contributed by atoms with Gasteiger partial charge in [0.1, 0.15) is 23.7 Å². The van der Waals surface area contributed by atoms with Crippen LogP contribution in [0.4, 0.5) is 11.6 Å². The molecule has 2 aliphatic heterocycles. The number of anilines is 2. The summed E-state index contributed by atoms with van der Waals surface area (Å²) in [6, 6.07) is 9.79. The fraction of sp³-hybridized carbons (Fsp3) is 0.476. The average molecular weight is 381 g/mol. The van der Waals surface area contributed by atoms with E-state index in [9.17, 15) is 4.79 Å². The van der Waals surface area contributed by atoms with E-state index in [0.29, 0.717) is 19.5 Å². The lowest BCUT2D eigenvalue weighted by molar-refractivity contribution is -0.130. The van der Waals surface area contributed by atoms with Crippen LogP contribution in [0.3, 0.4) is 0 Å². The summed E-state index contributed by atoms with van der Waals surface area (Å²) in [6.45, 7) is 5.16. The summed E-state index contributed by atoms with van der Waals surface area (Å²) < 4.78 is 5.24. The van der Waals surface area contributed by atoms with Gasteiger partial charge in [-0.2, -0.15) is 0 Å². The molecule has 28 heavy (non-hydrogen) atoms. The zero-order valence-corrected chi connectivity index (χ0v) is 16.4. The van der Waals surface area contributed by atoms with Gasteiger partial charge < -0.3 is 19.4 Å². The number of methoxy groups -OCH3 is 1. The van der Waals surface area contributed by atoms with E-state index in [1.165, 1.54) is 12.8 Å². The molecule has 0 N–H and O–H groups in total. The van der Waals surface area contributed by atoms with E-state index < -0.39 is 0 Å². The molecule has 0 radical (unpaired) electrons. The molecule has 0 bridgehead atoms. The van der Waals surface area contributed by atoms with Crippen LogP contribution in [0.15, 0.2) is 36.7 Å². The molecule has 7 nitrogen and oxygen atoms in total. The fourth-order valence-corrected chi connectivity index (χ4v) is 3.88. The van der Waals surface area contributed by atoms with Crippen LogP contribution >= 0.6 is 0 Å². The van der Waals surface area contributed by atoms with Crippen LogP contribution in [0, 0.1) is 0 Å². The number of hydrogen-bond acceptors (Lipinski definition) is 6. The molecule has 148 valence electrons. The number of hydrogen-bond donors (Lipinski definition) is 0. The van der Waals surface area contributed by atoms with E-state index in [1.807, 2.05) is 29.2 Å². The Morgan fingerprint density at radius 1 is 0.964 bits per heavy atom. The quantitative estimate of drug-likeness (QED) is 0.789. The van der Waals surface area contributed by atoms with Gasteiger partial charge in [0.25, 0.3) is 0 Å². The Morgan fingerprint density at radius 2 is 1.64 bits per heavy atom. The Bertz CT molecular complexity index is 814. The minimum absolute atomic E-state index is 0.161. The van der Waals surface area contributed by atoms with Crippen molar-refractivity contribution in [2.24, 2.45) is 0 Å². The van der Waals surface area contributed by atoms with Crippen molar-refractivity contribution in [1.82, 2.24) is 14.9 Å². The lowest BCUT2D eigenvalue weighted by Crippen LogP contribution is -2.49. The molecule has 3 heterocycles. The highest BCUT2D eigenvalue weighted by atomic mass is 16.5. The third kappa shape index (κ3) is 4.18. The van der Waals surface area contributed by atoms with Crippen molar-refractivity contribution in [3.05, 3.63) is 42.2 Å². The monoisotopic (exact) mass is 381 g/mol. The molecular weight excluding hydrogens is 354 g/mol. The molecule has 1 aromatic heterocycles. The number of carbonyl (C=O) groups excluding carboxylic acids is 1. The normalized spacial score (nSPS) is 17.1. The van der Waals surface area contributed by atoms with Gasteiger partial charge in [-0.3, -0.25) is 4.79 Å². The van der Waals surface area contributed by atoms with Crippen LogP contribution in [0.5, 0.6) is 5.75 Å². The highest BCUT2D eigenvalue weighted by Crippen LogP contribution is 2.22. The second-order valence-electron chi connectivity index (χ2n) is 7.32. The third-order valence-corrected chi connectivity index (χ3v) is 5.51. The van der Waals surface area contributed by atoms with E-state index >= 15 is 0 Å². The van der Waals surface area contributed by atoms with Crippen molar-refractivity contribution in [1.29, 1.82) is 0 Å². The second-order valence-corrected chi connectivity index (χ2v) is 7.32. The van der Waals surface area contributed by atoms with E-state index in [4.69, 9.17) is 4.74 Å². The largest absolute Gasteiger partial charge is 0.497 e. The van der Waals surface area contributed by atoms with Gasteiger partial charge in [0.2, 0.25) is 5.91 Å². The minimum Gasteiger partial charge on any atom is -0.497 e. The predicted octanol–water partition coefficient (Wildman–Crippen LogP) is 1.98. The lowest BCUT2D eigenvalue weighted by Gasteiger charge is -2.35. The molecule has 0 unspecified atom stereocenters. The van der Waals surface area contributed by atoms with Crippen LogP contribution in [0.2, 0.25) is 0 Å². The van der Waals surface area contributed by atoms with Crippen molar-refractivity contribution < 1.29 is 9.53 Å². The number of piperazine rings is 1. The Labute approximate surface area is 165 Å². The Morgan fingerprint density at radius 3 is 2.32 bits per heavy atom. The molecule has 2 aliphatic rings. The molecule has 0 spiro atoms. The second kappa shape index (κ2) is 8.46. The van der Waals surface area contributed by atoms with Crippen molar-refractivity contribution >= 4 is 17.5 Å². The third-order valence-electron chi connectivity index (χ3n) is 5.51. The Kier molecular flexibility index (Phi) is 5.60. The van der Waals surface area contributed by atoms with Crippen LogP contribution in [-0.2, 0) is 11.2 Å². The highest BCUT2D eigenvalue weighted by molar-refractivity contribution is 5.79. The SMILES string of the molecule is COc1cccc(CC(=O)N2CCN(c3cc(N4CCCC4)ncn3)CC2)c1. The molecular formula is C21H27N5O2. The minimum atomic E-state index is 0.161. The molecule has 0 aliphatic carbocycles. The topological polar surface area (TPSA) is 61.8 Å². The Hall–Kier alpha value is -2.83. The van der Waals surface area contributed by atoms with Gasteiger partial charge in [-0.25, -0.2) is 9.97 Å². The van der Waals surface area contributed by atoms with Gasteiger partial charge in [-0.15, -0.1) is 0 Å². The number of benzene rings is 1. The molecule has 2 fully saturated rings. The average Bonchev–Trinajstić information content (AvgIpc) is 3.29. The van der Waals surface area contributed by atoms with Crippen molar-refractivity contribution in [2.45, 2.75) is 19.3 Å². The van der Waals surface area contributed by atoms with E-state index in [2.05, 4.69) is 25.8 Å². The smallest absolute Gasteiger partial charge is 0.227 e. The summed E-state index contributed by atoms with van der Waals surface area (Å²) in [5, 5.41) is 0. The molecule has 2 saturated heterocycles. The zero-order valence-electron chi connectivity index (χ0n) is 16.4. The summed E-state index contributed by atoms with van der Waals surface area (Å²) in [7, 11) is 1.64. The van der Waals surface area contributed by atoms with E-state index in [-0.39, 0.29) is 5.91 Å². The summed E-state index contributed by atoms with van der Waals surface area (Å²) >= 11 is 0. The van der Waals surface area contributed by atoms with Crippen molar-refractivity contribution in [2.75, 3.05) is 56.2 Å². The first-order chi connectivity index (χ1) is 13.7. The molecule has 7 heteroatoms. The van der Waals surface area contributed by atoms with Crippen LogP contribution in [0.25, 0.3) is 0 Å². The predicted molar refractivity (Wildman–Crippen MR) is 109 cm³/mol. The number of amides is 1. The highest BCUT2D eigenvalue weighted by Gasteiger charge is 2.23. The molecule has 2 aromatic rings. The summed E-state index contributed by atoms with van der Waals surface area (Å²) in [4.78, 5) is 28.1. The number of carbonyl (C=O) groups is 1. The van der Waals surface area contributed by atoms with Gasteiger partial charge in [0.15, 0.2) is 0 Å². The maximum absolute atomic E-state index is 12.7. The van der Waals surface area contributed by atoms with Gasteiger partial charge in [-0.1, -0.05) is 12.1 Å². The van der Waals surface area contributed by atoms with E-state index in [1.54, 1.807) is 13.4 Å². The summed E-state index contributed by atoms with van der Waals surface area (Å²) in [6.07, 6.45) is 4.52. The van der Waals surface area contributed by atoms with Crippen molar-refractivity contribution in [3.8, 4) is 5.75 Å². The standard InChI is InChI=1S/C21H27N5O2/c1-28-18-6-4-5-17(13-18)14-21(27)26-11-9-25(10-12-26)20-15-19(22-16-23-20)24-7-2-3-8-24/h4-6,13,15-16H,2-3,7-12,14H2,1H3. The summed E-state index contributed by atoms with van der Waals surface area (Å²) in [5.74, 6) is 2.91. The van der Waals surface area contributed by atoms with Gasteiger partial charge in [0.05, 0.1) is 13.5 Å². The first-order valence-electron chi connectivity index (χ1n) is 9.95. The molecule has 1 aromatic carbocycles. The lowest BCUT2D eigenvalue weighted by atomic mass is 10.1. The van der Waals surface area contributed by atoms with Gasteiger partial charge in [-0.05, 0) is 30.5 Å². The number of rotatable bonds is 5. The number of aromatic nitrogens is 2. The molecule has 0 atom stereocenters. The first kappa shape index (κ1) is 18.5. The maximum Gasteiger partial charge on any atom is 0.227 e. The van der Waals surface area contributed by atoms with Gasteiger partial charge >= 0.3 is 0 Å². The van der Waals surface area contributed by atoms with Crippen LogP contribution < -0.4 is 14.5 Å². The maximum atomic E-state index is 12.7. The summed E-state index contributed by atoms with van der Waals surface area (Å²) in [5.41, 5.74) is 0.984. The molecule has 1 amide bonds. The van der Waals surface area contributed by atoms with E-state index in [0.717, 1.165) is 49.1 Å². The van der Waals surface area contributed by atoms with Crippen molar-refractivity contribution in [3.63, 3.8) is 0 Å². The van der Waals surface area contributed by atoms with Crippen LogP contribution in [-0.4, -0.2) is 67.2 Å². The zero-order chi connectivity index (χ0) is 19.3. The molecule has 4 rings (SSSR count). The fourth-order valence-electron chi connectivity index (χ4n) is 3.88. The first-order valence-corrected chi connectivity index (χ1v) is 9.95. The Balaban J connectivity index is 1.34. The number of ether oxygens (including phenoxy) is 1. The molecule has 0 saturated carbocycles. The van der Waals surface area contributed by atoms with Gasteiger partial charge in [0, 0.05) is 45.3 Å².